The molecule has 0 aliphatic heterocycles. The van der Waals surface area contributed by atoms with Crippen molar-refractivity contribution in [3.8, 4) is 0 Å². The molecule has 20 heavy (non-hydrogen) atoms. The highest BCUT2D eigenvalue weighted by Crippen LogP contribution is 2.28. The van der Waals surface area contributed by atoms with Crippen LogP contribution in [0.3, 0.4) is 0 Å². The Hall–Kier alpha value is -0.980. The summed E-state index contributed by atoms with van der Waals surface area (Å²) >= 11 is 4.90. The van der Waals surface area contributed by atoms with Crippen LogP contribution in [0.4, 0.5) is 5.69 Å². The summed E-state index contributed by atoms with van der Waals surface area (Å²) in [4.78, 5) is 1.17. The fraction of sp³-hybridized carbons (Fsp3) is 0.143. The molecule has 0 unspecified atom stereocenters. The smallest absolute Gasteiger partial charge is 0.261 e. The lowest BCUT2D eigenvalue weighted by molar-refractivity contribution is 0.601. The molecule has 0 saturated carbocycles. The summed E-state index contributed by atoms with van der Waals surface area (Å²) in [5.74, 6) is 0.886. The van der Waals surface area contributed by atoms with Gasteiger partial charge >= 0.3 is 0 Å². The van der Waals surface area contributed by atoms with E-state index in [1.807, 2.05) is 25.1 Å². The highest BCUT2D eigenvalue weighted by molar-refractivity contribution is 9.10. The first-order valence-electron chi connectivity index (χ1n) is 6.03. The number of hydrogen-bond donors (Lipinski definition) is 1. The second kappa shape index (κ2) is 6.65. The van der Waals surface area contributed by atoms with Crippen molar-refractivity contribution in [2.75, 3.05) is 10.5 Å². The molecule has 1 N–H and O–H groups in total. The van der Waals surface area contributed by atoms with E-state index in [0.29, 0.717) is 5.69 Å². The SMILES string of the molecule is CCSc1ccccc1NS(=O)(=O)c1ccc(Br)cc1. The maximum absolute atomic E-state index is 12.3. The molecule has 0 heterocycles. The Morgan fingerprint density at radius 3 is 2.40 bits per heavy atom. The third-order valence-electron chi connectivity index (χ3n) is 2.56. The molecule has 0 amide bonds. The molecule has 6 heteroatoms. The van der Waals surface area contributed by atoms with Crippen molar-refractivity contribution in [2.24, 2.45) is 0 Å². The van der Waals surface area contributed by atoms with E-state index in [0.717, 1.165) is 15.1 Å². The van der Waals surface area contributed by atoms with Gasteiger partial charge in [-0.05, 0) is 42.2 Å². The first-order chi connectivity index (χ1) is 9.53. The van der Waals surface area contributed by atoms with Gasteiger partial charge in [0.1, 0.15) is 0 Å². The lowest BCUT2D eigenvalue weighted by atomic mass is 10.3. The van der Waals surface area contributed by atoms with Crippen molar-refractivity contribution in [2.45, 2.75) is 16.7 Å². The van der Waals surface area contributed by atoms with E-state index >= 15 is 0 Å². The summed E-state index contributed by atoms with van der Waals surface area (Å²) in [5.41, 5.74) is 0.613. The summed E-state index contributed by atoms with van der Waals surface area (Å²) in [6.45, 7) is 2.03. The first kappa shape index (κ1) is 15.4. The average Bonchev–Trinajstić information content (AvgIpc) is 2.41. The van der Waals surface area contributed by atoms with Gasteiger partial charge in [-0.1, -0.05) is 35.0 Å². The Balaban J connectivity index is 2.31. The molecule has 0 spiro atoms. The molecular formula is C14H14BrNO2S2. The largest absolute Gasteiger partial charge is 0.278 e. The molecule has 0 aliphatic rings. The van der Waals surface area contributed by atoms with Crippen LogP contribution in [0.25, 0.3) is 0 Å². The molecular weight excluding hydrogens is 358 g/mol. The van der Waals surface area contributed by atoms with Gasteiger partial charge in [0.15, 0.2) is 0 Å². The minimum Gasteiger partial charge on any atom is -0.278 e. The average molecular weight is 372 g/mol. The zero-order valence-corrected chi connectivity index (χ0v) is 14.1. The van der Waals surface area contributed by atoms with Gasteiger partial charge in [0.25, 0.3) is 10.0 Å². The number of benzene rings is 2. The maximum Gasteiger partial charge on any atom is 0.261 e. The Labute approximate surface area is 132 Å². The Morgan fingerprint density at radius 2 is 1.75 bits per heavy atom. The molecule has 0 radical (unpaired) electrons. The van der Waals surface area contributed by atoms with Gasteiger partial charge in [0, 0.05) is 9.37 Å². The molecule has 2 rings (SSSR count). The van der Waals surface area contributed by atoms with E-state index in [2.05, 4.69) is 20.7 Å². The predicted molar refractivity (Wildman–Crippen MR) is 87.8 cm³/mol. The van der Waals surface area contributed by atoms with E-state index in [1.165, 1.54) is 0 Å². The zero-order valence-electron chi connectivity index (χ0n) is 10.8. The van der Waals surface area contributed by atoms with Gasteiger partial charge in [-0.15, -0.1) is 11.8 Å². The van der Waals surface area contributed by atoms with Gasteiger partial charge in [-0.3, -0.25) is 4.72 Å². The van der Waals surface area contributed by atoms with Crippen LogP contribution in [0.1, 0.15) is 6.92 Å². The van der Waals surface area contributed by atoms with Crippen LogP contribution < -0.4 is 4.72 Å². The van der Waals surface area contributed by atoms with Crippen molar-refractivity contribution in [1.82, 2.24) is 0 Å². The van der Waals surface area contributed by atoms with Crippen LogP contribution in [0, 0.1) is 0 Å². The Morgan fingerprint density at radius 1 is 1.10 bits per heavy atom. The molecule has 106 valence electrons. The summed E-state index contributed by atoms with van der Waals surface area (Å²) < 4.78 is 28.2. The topological polar surface area (TPSA) is 46.2 Å². The monoisotopic (exact) mass is 371 g/mol. The Bertz CT molecular complexity index is 685. The summed E-state index contributed by atoms with van der Waals surface area (Å²) in [5, 5.41) is 0. The summed E-state index contributed by atoms with van der Waals surface area (Å²) in [7, 11) is -3.56. The zero-order chi connectivity index (χ0) is 14.6. The minimum absolute atomic E-state index is 0.247. The quantitative estimate of drug-likeness (QED) is 0.794. The van der Waals surface area contributed by atoms with Crippen LogP contribution in [-0.4, -0.2) is 14.2 Å². The van der Waals surface area contributed by atoms with Crippen molar-refractivity contribution in [3.63, 3.8) is 0 Å². The van der Waals surface area contributed by atoms with Crippen LogP contribution in [0.2, 0.25) is 0 Å². The lowest BCUT2D eigenvalue weighted by Gasteiger charge is -2.11. The number of rotatable bonds is 5. The number of anilines is 1. The molecule has 0 atom stereocenters. The van der Waals surface area contributed by atoms with Crippen molar-refractivity contribution >= 4 is 43.4 Å². The molecule has 3 nitrogen and oxygen atoms in total. The van der Waals surface area contributed by atoms with Gasteiger partial charge < -0.3 is 0 Å². The lowest BCUT2D eigenvalue weighted by Crippen LogP contribution is -2.13. The molecule has 0 fully saturated rings. The van der Waals surface area contributed by atoms with E-state index in [9.17, 15) is 8.42 Å². The van der Waals surface area contributed by atoms with Crippen LogP contribution in [-0.2, 0) is 10.0 Å². The highest BCUT2D eigenvalue weighted by atomic mass is 79.9. The van der Waals surface area contributed by atoms with Gasteiger partial charge in [0.2, 0.25) is 0 Å². The predicted octanol–water partition coefficient (Wildman–Crippen LogP) is 4.36. The van der Waals surface area contributed by atoms with Gasteiger partial charge in [0.05, 0.1) is 10.6 Å². The number of hydrogen-bond acceptors (Lipinski definition) is 3. The number of nitrogens with one attached hydrogen (secondary N) is 1. The summed E-state index contributed by atoms with van der Waals surface area (Å²) in [6.07, 6.45) is 0. The fourth-order valence-corrected chi connectivity index (χ4v) is 3.82. The first-order valence-corrected chi connectivity index (χ1v) is 9.29. The molecule has 0 saturated heterocycles. The van der Waals surface area contributed by atoms with E-state index in [1.54, 1.807) is 42.1 Å². The second-order valence-electron chi connectivity index (χ2n) is 3.99. The van der Waals surface area contributed by atoms with Crippen LogP contribution in [0.5, 0.6) is 0 Å². The van der Waals surface area contributed by atoms with Crippen LogP contribution in [0.15, 0.2) is 62.8 Å². The number of para-hydroxylation sites is 1. The second-order valence-corrected chi connectivity index (χ2v) is 7.89. The maximum atomic E-state index is 12.3. The van der Waals surface area contributed by atoms with E-state index in [4.69, 9.17) is 0 Å². The van der Waals surface area contributed by atoms with Gasteiger partial charge in [-0.2, -0.15) is 0 Å². The normalized spacial score (nSPS) is 11.3. The standard InChI is InChI=1S/C14H14BrNO2S2/c1-2-19-14-6-4-3-5-13(14)16-20(17,18)12-9-7-11(15)8-10-12/h3-10,16H,2H2,1H3. The highest BCUT2D eigenvalue weighted by Gasteiger charge is 2.15. The van der Waals surface area contributed by atoms with Gasteiger partial charge in [-0.25, -0.2) is 8.42 Å². The molecule has 0 bridgehead atoms. The minimum atomic E-state index is -3.56. The Kier molecular flexibility index (Phi) is 5.12. The van der Waals surface area contributed by atoms with E-state index in [-0.39, 0.29) is 4.90 Å². The summed E-state index contributed by atoms with van der Waals surface area (Å²) in [6, 6.07) is 14.0. The molecule has 0 aromatic heterocycles. The van der Waals surface area contributed by atoms with Crippen molar-refractivity contribution in [1.29, 1.82) is 0 Å². The molecule has 2 aromatic rings. The van der Waals surface area contributed by atoms with Crippen molar-refractivity contribution in [3.05, 3.63) is 53.0 Å². The van der Waals surface area contributed by atoms with E-state index < -0.39 is 10.0 Å². The molecule has 2 aromatic carbocycles. The number of sulfonamides is 1. The third kappa shape index (κ3) is 3.77. The third-order valence-corrected chi connectivity index (χ3v) is 5.42. The van der Waals surface area contributed by atoms with Crippen molar-refractivity contribution < 1.29 is 8.42 Å². The fourth-order valence-electron chi connectivity index (χ4n) is 1.65. The molecule has 0 aliphatic carbocycles. The number of thioether (sulfide) groups is 1. The van der Waals surface area contributed by atoms with Crippen LogP contribution >= 0.6 is 27.7 Å². The number of halogens is 1.